The van der Waals surface area contributed by atoms with Gasteiger partial charge in [0.15, 0.2) is 6.10 Å². The summed E-state index contributed by atoms with van der Waals surface area (Å²) in [6, 6.07) is 0. The van der Waals surface area contributed by atoms with Crippen molar-refractivity contribution in [2.45, 2.75) is 13.0 Å². The quantitative estimate of drug-likeness (QED) is 0.567. The summed E-state index contributed by atoms with van der Waals surface area (Å²) in [6.07, 6.45) is -0.938. The summed E-state index contributed by atoms with van der Waals surface area (Å²) in [5.41, 5.74) is 0. The SMILES string of the molecule is CNC(=O)COC(C)C(=O)O. The van der Waals surface area contributed by atoms with Crippen molar-refractivity contribution in [3.63, 3.8) is 0 Å². The fourth-order valence-corrected chi connectivity index (χ4v) is 0.344. The lowest BCUT2D eigenvalue weighted by molar-refractivity contribution is -0.150. The molecule has 0 rings (SSSR count). The van der Waals surface area contributed by atoms with Gasteiger partial charge in [0, 0.05) is 7.05 Å². The molecule has 0 aliphatic rings. The zero-order valence-corrected chi connectivity index (χ0v) is 6.46. The third kappa shape index (κ3) is 4.32. The lowest BCUT2D eigenvalue weighted by Crippen LogP contribution is -2.28. The van der Waals surface area contributed by atoms with E-state index in [-0.39, 0.29) is 12.5 Å². The summed E-state index contributed by atoms with van der Waals surface area (Å²) in [7, 11) is 1.46. The topological polar surface area (TPSA) is 75.6 Å². The Hall–Kier alpha value is -1.10. The number of likely N-dealkylation sites (N-methyl/N-ethyl adjacent to an activating group) is 1. The fourth-order valence-electron chi connectivity index (χ4n) is 0.344. The monoisotopic (exact) mass is 161 g/mol. The van der Waals surface area contributed by atoms with Crippen molar-refractivity contribution in [3.8, 4) is 0 Å². The van der Waals surface area contributed by atoms with Crippen molar-refractivity contribution >= 4 is 11.9 Å². The fraction of sp³-hybridized carbons (Fsp3) is 0.667. The molecule has 5 nitrogen and oxygen atoms in total. The van der Waals surface area contributed by atoms with Gasteiger partial charge in [-0.05, 0) is 6.92 Å². The second kappa shape index (κ2) is 4.68. The van der Waals surface area contributed by atoms with Gasteiger partial charge in [0.25, 0.3) is 0 Å². The Bertz CT molecular complexity index is 157. The van der Waals surface area contributed by atoms with Crippen molar-refractivity contribution in [1.82, 2.24) is 5.32 Å². The lowest BCUT2D eigenvalue weighted by Gasteiger charge is -2.06. The minimum atomic E-state index is -1.08. The highest BCUT2D eigenvalue weighted by atomic mass is 16.5. The maximum absolute atomic E-state index is 10.5. The van der Waals surface area contributed by atoms with Crippen LogP contribution in [0.25, 0.3) is 0 Å². The van der Waals surface area contributed by atoms with E-state index in [1.165, 1.54) is 14.0 Å². The van der Waals surface area contributed by atoms with Crippen LogP contribution < -0.4 is 5.32 Å². The molecule has 0 spiro atoms. The third-order valence-electron chi connectivity index (χ3n) is 1.09. The molecule has 0 aromatic heterocycles. The molecular weight excluding hydrogens is 150 g/mol. The molecule has 0 fully saturated rings. The standard InChI is InChI=1S/C6H11NO4/c1-4(6(9)10)11-3-5(8)7-2/h4H,3H2,1-2H3,(H,7,8)(H,9,10). The summed E-state index contributed by atoms with van der Waals surface area (Å²) in [4.78, 5) is 20.7. The van der Waals surface area contributed by atoms with Crippen LogP contribution >= 0.6 is 0 Å². The number of hydrogen-bond acceptors (Lipinski definition) is 3. The van der Waals surface area contributed by atoms with E-state index in [1.54, 1.807) is 0 Å². The zero-order chi connectivity index (χ0) is 8.85. The number of carbonyl (C=O) groups excluding carboxylic acids is 1. The van der Waals surface area contributed by atoms with Crippen LogP contribution in [0.15, 0.2) is 0 Å². The number of carboxylic acid groups (broad SMARTS) is 1. The number of carbonyl (C=O) groups is 2. The van der Waals surface area contributed by atoms with Gasteiger partial charge in [-0.2, -0.15) is 0 Å². The van der Waals surface area contributed by atoms with Crippen LogP contribution in [0.2, 0.25) is 0 Å². The molecule has 1 unspecified atom stereocenters. The van der Waals surface area contributed by atoms with E-state index in [0.717, 1.165) is 0 Å². The first-order valence-corrected chi connectivity index (χ1v) is 3.13. The van der Waals surface area contributed by atoms with E-state index >= 15 is 0 Å². The maximum Gasteiger partial charge on any atom is 0.332 e. The molecular formula is C6H11NO4. The van der Waals surface area contributed by atoms with Crippen LogP contribution in [0, 0.1) is 0 Å². The number of rotatable bonds is 4. The predicted molar refractivity (Wildman–Crippen MR) is 37.1 cm³/mol. The van der Waals surface area contributed by atoms with E-state index in [2.05, 4.69) is 10.1 Å². The summed E-state index contributed by atoms with van der Waals surface area (Å²) in [5.74, 6) is -1.41. The first kappa shape index (κ1) is 9.90. The van der Waals surface area contributed by atoms with Gasteiger partial charge in [-0.15, -0.1) is 0 Å². The molecule has 0 aromatic carbocycles. The molecule has 0 aromatic rings. The normalized spacial score (nSPS) is 12.2. The number of hydrogen-bond donors (Lipinski definition) is 2. The number of aliphatic carboxylic acids is 1. The lowest BCUT2D eigenvalue weighted by atomic mass is 10.4. The van der Waals surface area contributed by atoms with Gasteiger partial charge in [-0.3, -0.25) is 4.79 Å². The highest BCUT2D eigenvalue weighted by molar-refractivity contribution is 5.77. The molecule has 0 aliphatic carbocycles. The minimum Gasteiger partial charge on any atom is -0.479 e. The predicted octanol–water partition coefficient (Wildman–Crippen LogP) is -0.778. The first-order chi connectivity index (χ1) is 5.07. The van der Waals surface area contributed by atoms with Crippen molar-refractivity contribution < 1.29 is 19.4 Å². The molecule has 0 heterocycles. The van der Waals surface area contributed by atoms with E-state index in [9.17, 15) is 9.59 Å². The largest absolute Gasteiger partial charge is 0.479 e. The third-order valence-corrected chi connectivity index (χ3v) is 1.09. The molecule has 0 saturated heterocycles. The van der Waals surface area contributed by atoms with Gasteiger partial charge < -0.3 is 15.2 Å². The van der Waals surface area contributed by atoms with E-state index in [1.807, 2.05) is 0 Å². The van der Waals surface area contributed by atoms with Gasteiger partial charge in [0.05, 0.1) is 0 Å². The van der Waals surface area contributed by atoms with Gasteiger partial charge >= 0.3 is 5.97 Å². The Kier molecular flexibility index (Phi) is 4.21. The molecule has 0 bridgehead atoms. The summed E-state index contributed by atoms with van der Waals surface area (Å²) in [6.45, 7) is 1.15. The molecule has 11 heavy (non-hydrogen) atoms. The molecule has 0 aliphatic heterocycles. The molecule has 1 amide bonds. The van der Waals surface area contributed by atoms with Crippen LogP contribution in [0.4, 0.5) is 0 Å². The summed E-state index contributed by atoms with van der Waals surface area (Å²) >= 11 is 0. The Morgan fingerprint density at radius 2 is 2.18 bits per heavy atom. The molecule has 2 N–H and O–H groups in total. The van der Waals surface area contributed by atoms with Crippen molar-refractivity contribution in [2.24, 2.45) is 0 Å². The minimum absolute atomic E-state index is 0.218. The van der Waals surface area contributed by atoms with Gasteiger partial charge in [0.2, 0.25) is 5.91 Å². The summed E-state index contributed by atoms with van der Waals surface area (Å²) in [5, 5.41) is 10.6. The number of carboxylic acids is 1. The molecule has 0 radical (unpaired) electrons. The highest BCUT2D eigenvalue weighted by Gasteiger charge is 2.11. The summed E-state index contributed by atoms with van der Waals surface area (Å²) < 4.78 is 4.64. The molecule has 5 heteroatoms. The maximum atomic E-state index is 10.5. The average Bonchev–Trinajstić information content (AvgIpc) is 1.99. The van der Waals surface area contributed by atoms with Crippen LogP contribution in [-0.2, 0) is 14.3 Å². The Labute approximate surface area is 64.3 Å². The molecule has 1 atom stereocenters. The van der Waals surface area contributed by atoms with Gasteiger partial charge in [-0.1, -0.05) is 0 Å². The van der Waals surface area contributed by atoms with Crippen LogP contribution in [-0.4, -0.2) is 36.7 Å². The van der Waals surface area contributed by atoms with Crippen molar-refractivity contribution in [1.29, 1.82) is 0 Å². The van der Waals surface area contributed by atoms with Crippen LogP contribution in [0.1, 0.15) is 6.92 Å². The van der Waals surface area contributed by atoms with E-state index < -0.39 is 12.1 Å². The number of nitrogens with one attached hydrogen (secondary N) is 1. The molecule has 0 saturated carbocycles. The second-order valence-electron chi connectivity index (χ2n) is 1.96. The van der Waals surface area contributed by atoms with Crippen LogP contribution in [0.3, 0.4) is 0 Å². The average molecular weight is 161 g/mol. The second-order valence-corrected chi connectivity index (χ2v) is 1.96. The number of ether oxygens (including phenoxy) is 1. The van der Waals surface area contributed by atoms with E-state index in [0.29, 0.717) is 0 Å². The first-order valence-electron chi connectivity index (χ1n) is 3.13. The zero-order valence-electron chi connectivity index (χ0n) is 6.46. The smallest absolute Gasteiger partial charge is 0.332 e. The van der Waals surface area contributed by atoms with Gasteiger partial charge in [0.1, 0.15) is 6.61 Å². The Morgan fingerprint density at radius 1 is 1.64 bits per heavy atom. The Balaban J connectivity index is 3.54. The van der Waals surface area contributed by atoms with Crippen LogP contribution in [0.5, 0.6) is 0 Å². The van der Waals surface area contributed by atoms with Crippen molar-refractivity contribution in [3.05, 3.63) is 0 Å². The van der Waals surface area contributed by atoms with Crippen molar-refractivity contribution in [2.75, 3.05) is 13.7 Å². The number of amides is 1. The Morgan fingerprint density at radius 3 is 2.55 bits per heavy atom. The van der Waals surface area contributed by atoms with Gasteiger partial charge in [-0.25, -0.2) is 4.79 Å². The van der Waals surface area contributed by atoms with E-state index in [4.69, 9.17) is 5.11 Å². The molecule has 64 valence electrons. The highest BCUT2D eigenvalue weighted by Crippen LogP contribution is 1.88.